The minimum absolute atomic E-state index is 0.104. The first-order chi connectivity index (χ1) is 13.9. The van der Waals surface area contributed by atoms with Gasteiger partial charge in [-0.3, -0.25) is 19.1 Å². The number of anilines is 1. The summed E-state index contributed by atoms with van der Waals surface area (Å²) in [5.41, 5.74) is 2.09. The summed E-state index contributed by atoms with van der Waals surface area (Å²) in [4.78, 5) is 51.5. The van der Waals surface area contributed by atoms with E-state index in [1.54, 1.807) is 0 Å². The van der Waals surface area contributed by atoms with E-state index in [0.29, 0.717) is 5.13 Å². The van der Waals surface area contributed by atoms with E-state index in [4.69, 9.17) is 0 Å². The molecule has 1 amide bonds. The van der Waals surface area contributed by atoms with Crippen LogP contribution in [0.25, 0.3) is 22.3 Å². The molecule has 0 saturated carbocycles. The number of hydrogen-bond donors (Lipinski definition) is 2. The van der Waals surface area contributed by atoms with E-state index in [2.05, 4.69) is 25.3 Å². The molecule has 0 saturated heterocycles. The van der Waals surface area contributed by atoms with Crippen LogP contribution in [0.2, 0.25) is 0 Å². The van der Waals surface area contributed by atoms with Crippen LogP contribution in [-0.4, -0.2) is 30.4 Å². The maximum Gasteiger partial charge on any atom is 0.329 e. The van der Waals surface area contributed by atoms with Crippen LogP contribution in [0.5, 0.6) is 0 Å². The van der Waals surface area contributed by atoms with Crippen molar-refractivity contribution in [1.82, 2.24) is 24.5 Å². The third-order valence-corrected chi connectivity index (χ3v) is 5.16. The molecule has 29 heavy (non-hydrogen) atoms. The number of thiazole rings is 1. The van der Waals surface area contributed by atoms with E-state index in [1.165, 1.54) is 24.7 Å². The summed E-state index contributed by atoms with van der Waals surface area (Å²) in [7, 11) is 1.35. The number of amides is 1. The fourth-order valence-corrected chi connectivity index (χ4v) is 3.56. The van der Waals surface area contributed by atoms with Crippen molar-refractivity contribution in [3.05, 3.63) is 68.1 Å². The third kappa shape index (κ3) is 3.69. The van der Waals surface area contributed by atoms with Gasteiger partial charge in [0.25, 0.3) is 5.56 Å². The Balaban J connectivity index is 1.57. The quantitative estimate of drug-likeness (QED) is 0.529. The van der Waals surface area contributed by atoms with Gasteiger partial charge in [-0.15, -0.1) is 11.3 Å². The predicted octanol–water partition coefficient (Wildman–Crippen LogP) is 1.63. The average Bonchev–Trinajstić information content (AvgIpc) is 3.15. The molecule has 10 heteroatoms. The first-order valence-corrected chi connectivity index (χ1v) is 9.55. The van der Waals surface area contributed by atoms with Crippen molar-refractivity contribution in [2.75, 3.05) is 5.32 Å². The van der Waals surface area contributed by atoms with Gasteiger partial charge in [-0.25, -0.2) is 19.7 Å². The molecule has 3 heterocycles. The van der Waals surface area contributed by atoms with E-state index in [0.717, 1.165) is 21.4 Å². The molecule has 0 unspecified atom stereocenters. The Hall–Kier alpha value is -3.66. The Labute approximate surface area is 168 Å². The van der Waals surface area contributed by atoms with E-state index in [9.17, 15) is 14.4 Å². The van der Waals surface area contributed by atoms with Crippen LogP contribution < -0.4 is 16.6 Å². The molecule has 0 aliphatic rings. The number of aryl methyl sites for hydroxylation is 1. The summed E-state index contributed by atoms with van der Waals surface area (Å²) in [5, 5.41) is 5.16. The van der Waals surface area contributed by atoms with Gasteiger partial charge in [0.2, 0.25) is 5.91 Å². The minimum atomic E-state index is -0.581. The van der Waals surface area contributed by atoms with Gasteiger partial charge in [-0.05, 0) is 6.92 Å². The normalized spacial score (nSPS) is 11.0. The lowest BCUT2D eigenvalue weighted by Crippen LogP contribution is -2.33. The summed E-state index contributed by atoms with van der Waals surface area (Å²) in [6, 6.07) is 7.94. The van der Waals surface area contributed by atoms with Crippen molar-refractivity contribution in [2.45, 2.75) is 13.3 Å². The number of aromatic nitrogens is 5. The number of carbonyl (C=O) groups excluding carboxylic acids is 1. The first-order valence-electron chi connectivity index (χ1n) is 8.67. The van der Waals surface area contributed by atoms with Crippen LogP contribution in [0.4, 0.5) is 5.13 Å². The van der Waals surface area contributed by atoms with Crippen molar-refractivity contribution in [2.24, 2.45) is 7.05 Å². The summed E-state index contributed by atoms with van der Waals surface area (Å²) in [6.07, 6.45) is 1.05. The van der Waals surface area contributed by atoms with Gasteiger partial charge < -0.3 is 5.32 Å². The molecule has 1 aromatic carbocycles. The molecule has 0 spiro atoms. The van der Waals surface area contributed by atoms with Gasteiger partial charge >= 0.3 is 5.69 Å². The summed E-state index contributed by atoms with van der Waals surface area (Å²) < 4.78 is 0.918. The van der Waals surface area contributed by atoms with Crippen LogP contribution in [0.1, 0.15) is 11.3 Å². The highest BCUT2D eigenvalue weighted by molar-refractivity contribution is 7.14. The SMILES string of the molecule is Cc1ccc(-c2csc(NC(=O)Cc3ncnc4[nH]c(=O)n(C)c(=O)c34)n2)cc1. The molecular formula is C19H16N6O3S. The molecular weight excluding hydrogens is 392 g/mol. The van der Waals surface area contributed by atoms with Crippen molar-refractivity contribution in [3.8, 4) is 11.3 Å². The lowest BCUT2D eigenvalue weighted by Gasteiger charge is -2.05. The van der Waals surface area contributed by atoms with Crippen LogP contribution in [-0.2, 0) is 18.3 Å². The minimum Gasteiger partial charge on any atom is -0.302 e. The maximum absolute atomic E-state index is 12.5. The van der Waals surface area contributed by atoms with Crippen LogP contribution in [0.3, 0.4) is 0 Å². The van der Waals surface area contributed by atoms with Crippen molar-refractivity contribution in [1.29, 1.82) is 0 Å². The molecule has 0 fully saturated rings. The lowest BCUT2D eigenvalue weighted by molar-refractivity contribution is -0.115. The maximum atomic E-state index is 12.5. The molecule has 0 aliphatic heterocycles. The Morgan fingerprint density at radius 3 is 2.72 bits per heavy atom. The Kier molecular flexibility index (Phi) is 4.77. The zero-order chi connectivity index (χ0) is 20.5. The van der Waals surface area contributed by atoms with Crippen LogP contribution in [0.15, 0.2) is 45.6 Å². The van der Waals surface area contributed by atoms with Gasteiger partial charge in [0.05, 0.1) is 17.8 Å². The lowest BCUT2D eigenvalue weighted by atomic mass is 10.1. The molecule has 146 valence electrons. The topological polar surface area (TPSA) is 123 Å². The second-order valence-corrected chi connectivity index (χ2v) is 7.33. The number of fused-ring (bicyclic) bond motifs is 1. The van der Waals surface area contributed by atoms with E-state index < -0.39 is 11.2 Å². The number of benzene rings is 1. The monoisotopic (exact) mass is 408 g/mol. The van der Waals surface area contributed by atoms with Gasteiger partial charge in [-0.1, -0.05) is 29.8 Å². The first kappa shape index (κ1) is 18.7. The number of rotatable bonds is 4. The highest BCUT2D eigenvalue weighted by Gasteiger charge is 2.16. The van der Waals surface area contributed by atoms with Gasteiger partial charge in [0.15, 0.2) is 10.8 Å². The van der Waals surface area contributed by atoms with Crippen molar-refractivity contribution in [3.63, 3.8) is 0 Å². The fraction of sp³-hybridized carbons (Fsp3) is 0.158. The number of aromatic amines is 1. The highest BCUT2D eigenvalue weighted by Crippen LogP contribution is 2.25. The van der Waals surface area contributed by atoms with Crippen LogP contribution in [0, 0.1) is 6.92 Å². The molecule has 4 rings (SSSR count). The number of H-pyrrole nitrogens is 1. The Morgan fingerprint density at radius 1 is 1.21 bits per heavy atom. The molecule has 9 nitrogen and oxygen atoms in total. The summed E-state index contributed by atoms with van der Waals surface area (Å²) >= 11 is 1.31. The van der Waals surface area contributed by atoms with Gasteiger partial charge in [0.1, 0.15) is 11.7 Å². The largest absolute Gasteiger partial charge is 0.329 e. The molecule has 3 aromatic heterocycles. The average molecular weight is 408 g/mol. The van der Waals surface area contributed by atoms with E-state index in [-0.39, 0.29) is 29.1 Å². The zero-order valence-corrected chi connectivity index (χ0v) is 16.4. The zero-order valence-electron chi connectivity index (χ0n) is 15.6. The molecule has 2 N–H and O–H groups in total. The summed E-state index contributed by atoms with van der Waals surface area (Å²) in [5.74, 6) is -0.372. The molecule has 0 radical (unpaired) electrons. The highest BCUT2D eigenvalue weighted by atomic mass is 32.1. The fourth-order valence-electron chi connectivity index (χ4n) is 2.82. The standard InChI is InChI=1S/C19H16N6O3S/c1-10-3-5-11(6-4-10)13-8-29-18(22-13)23-14(26)7-12-15-16(21-9-20-12)24-19(28)25(2)17(15)27/h3-6,8-9H,7H2,1-2H3,(H,22,23,26)(H,20,21,24,28). The predicted molar refractivity (Wildman–Crippen MR) is 110 cm³/mol. The van der Waals surface area contributed by atoms with Gasteiger partial charge in [-0.2, -0.15) is 0 Å². The number of hydrogen-bond acceptors (Lipinski definition) is 7. The Morgan fingerprint density at radius 2 is 1.97 bits per heavy atom. The Bertz CT molecular complexity index is 1340. The number of nitrogens with zero attached hydrogens (tertiary/aromatic N) is 4. The van der Waals surface area contributed by atoms with Crippen LogP contribution >= 0.6 is 11.3 Å². The van der Waals surface area contributed by atoms with Crippen molar-refractivity contribution < 1.29 is 4.79 Å². The molecule has 0 aliphatic carbocycles. The second kappa shape index (κ2) is 7.40. The number of carbonyl (C=O) groups is 1. The van der Waals surface area contributed by atoms with Crippen molar-refractivity contribution >= 4 is 33.4 Å². The van der Waals surface area contributed by atoms with Gasteiger partial charge in [0, 0.05) is 18.0 Å². The second-order valence-electron chi connectivity index (χ2n) is 6.47. The number of nitrogens with one attached hydrogen (secondary N) is 2. The molecule has 0 atom stereocenters. The third-order valence-electron chi connectivity index (χ3n) is 4.40. The molecule has 0 bridgehead atoms. The molecule has 4 aromatic rings. The van der Waals surface area contributed by atoms with E-state index in [1.807, 2.05) is 36.6 Å². The van der Waals surface area contributed by atoms with E-state index >= 15 is 0 Å². The smallest absolute Gasteiger partial charge is 0.302 e. The summed E-state index contributed by atoms with van der Waals surface area (Å²) in [6.45, 7) is 2.01.